The normalized spacial score (nSPS) is 15.8. The van der Waals surface area contributed by atoms with Gasteiger partial charge in [-0.25, -0.2) is 0 Å². The number of halogens is 3. The van der Waals surface area contributed by atoms with Crippen molar-refractivity contribution >= 4 is 28.1 Å². The molecule has 0 bridgehead atoms. The molecular formula is C19H17F3N2O2S. The molecule has 0 spiro atoms. The fourth-order valence-corrected chi connectivity index (χ4v) is 3.34. The van der Waals surface area contributed by atoms with Gasteiger partial charge in [0.25, 0.3) is 0 Å². The van der Waals surface area contributed by atoms with Gasteiger partial charge in [-0.05, 0) is 18.2 Å². The van der Waals surface area contributed by atoms with Crippen LogP contribution in [-0.2, 0) is 21.8 Å². The second kappa shape index (κ2) is 7.64. The van der Waals surface area contributed by atoms with Gasteiger partial charge in [-0.15, -0.1) is 0 Å². The number of hydrogen-bond acceptors (Lipinski definition) is 3. The SMILES string of the molecule is CS(=O)CCN1C(=O)CN=C(c2ccccc2)c2cc(C(F)(F)F)ccc21. The van der Waals surface area contributed by atoms with Gasteiger partial charge in [0.2, 0.25) is 5.91 Å². The molecule has 0 saturated carbocycles. The number of rotatable bonds is 4. The first-order chi connectivity index (χ1) is 12.8. The molecule has 8 heteroatoms. The lowest BCUT2D eigenvalue weighted by atomic mass is 9.98. The van der Waals surface area contributed by atoms with Crippen LogP contribution >= 0.6 is 0 Å². The number of carbonyl (C=O) groups excluding carboxylic acids is 1. The quantitative estimate of drug-likeness (QED) is 0.799. The fraction of sp³-hybridized carbons (Fsp3) is 0.263. The van der Waals surface area contributed by atoms with Crippen molar-refractivity contribution in [1.29, 1.82) is 0 Å². The molecule has 0 aliphatic carbocycles. The number of benzodiazepines with no additional fused rings is 1. The highest BCUT2D eigenvalue weighted by Gasteiger charge is 2.33. The van der Waals surface area contributed by atoms with Crippen molar-refractivity contribution in [3.05, 3.63) is 65.2 Å². The molecule has 1 unspecified atom stereocenters. The van der Waals surface area contributed by atoms with Gasteiger partial charge in [0.05, 0.1) is 17.0 Å². The summed E-state index contributed by atoms with van der Waals surface area (Å²) in [7, 11) is -1.14. The predicted molar refractivity (Wildman–Crippen MR) is 99.7 cm³/mol. The van der Waals surface area contributed by atoms with Crippen LogP contribution in [0.15, 0.2) is 53.5 Å². The van der Waals surface area contributed by atoms with Crippen LogP contribution in [0, 0.1) is 0 Å². The minimum Gasteiger partial charge on any atom is -0.309 e. The average Bonchev–Trinajstić information content (AvgIpc) is 2.75. The Bertz CT molecular complexity index is 911. The Morgan fingerprint density at radius 2 is 1.85 bits per heavy atom. The van der Waals surface area contributed by atoms with E-state index < -0.39 is 22.5 Å². The van der Waals surface area contributed by atoms with Gasteiger partial charge in [-0.2, -0.15) is 13.2 Å². The first kappa shape index (κ1) is 19.3. The Balaban J connectivity index is 2.17. The molecule has 3 rings (SSSR count). The summed E-state index contributed by atoms with van der Waals surface area (Å²) in [6.45, 7) is -0.0332. The van der Waals surface area contributed by atoms with E-state index in [9.17, 15) is 22.2 Å². The average molecular weight is 394 g/mol. The molecule has 4 nitrogen and oxygen atoms in total. The number of carbonyl (C=O) groups is 1. The van der Waals surface area contributed by atoms with Gasteiger partial charge in [0.1, 0.15) is 6.54 Å². The largest absolute Gasteiger partial charge is 0.416 e. The summed E-state index contributed by atoms with van der Waals surface area (Å²) in [5.41, 5.74) is 0.748. The molecule has 1 atom stereocenters. The zero-order valence-corrected chi connectivity index (χ0v) is 15.3. The summed E-state index contributed by atoms with van der Waals surface area (Å²) in [4.78, 5) is 18.2. The molecular weight excluding hydrogens is 377 g/mol. The van der Waals surface area contributed by atoms with E-state index in [0.717, 1.165) is 12.1 Å². The predicted octanol–water partition coefficient (Wildman–Crippen LogP) is 3.27. The van der Waals surface area contributed by atoms with Crippen LogP contribution in [0.5, 0.6) is 0 Å². The molecule has 1 aliphatic heterocycles. The summed E-state index contributed by atoms with van der Waals surface area (Å²) in [6, 6.07) is 12.1. The Hall–Kier alpha value is -2.48. The summed E-state index contributed by atoms with van der Waals surface area (Å²) < 4.78 is 51.2. The standard InChI is InChI=1S/C19H17F3N2O2S/c1-27(26)10-9-24-16-8-7-14(19(20,21)22)11-15(16)18(23-12-17(24)25)13-5-3-2-4-6-13/h2-8,11H,9-10,12H2,1H3. The Morgan fingerprint density at radius 1 is 1.15 bits per heavy atom. The van der Waals surface area contributed by atoms with Crippen molar-refractivity contribution in [2.24, 2.45) is 4.99 Å². The van der Waals surface area contributed by atoms with Gasteiger partial charge in [-0.3, -0.25) is 14.0 Å². The maximum absolute atomic E-state index is 13.3. The van der Waals surface area contributed by atoms with Crippen molar-refractivity contribution in [2.45, 2.75) is 6.18 Å². The van der Waals surface area contributed by atoms with E-state index in [1.54, 1.807) is 30.3 Å². The highest BCUT2D eigenvalue weighted by atomic mass is 32.2. The van der Waals surface area contributed by atoms with Crippen LogP contribution in [0.3, 0.4) is 0 Å². The molecule has 142 valence electrons. The molecule has 0 saturated heterocycles. The van der Waals surface area contributed by atoms with E-state index in [1.807, 2.05) is 0 Å². The van der Waals surface area contributed by atoms with E-state index in [0.29, 0.717) is 17.0 Å². The second-order valence-electron chi connectivity index (χ2n) is 6.08. The molecule has 1 amide bonds. The topological polar surface area (TPSA) is 49.7 Å². The smallest absolute Gasteiger partial charge is 0.309 e. The second-order valence-corrected chi connectivity index (χ2v) is 7.64. The molecule has 2 aromatic carbocycles. The third kappa shape index (κ3) is 4.27. The van der Waals surface area contributed by atoms with Crippen LogP contribution in [0.1, 0.15) is 16.7 Å². The number of fused-ring (bicyclic) bond motifs is 1. The Morgan fingerprint density at radius 3 is 2.48 bits per heavy atom. The van der Waals surface area contributed by atoms with E-state index in [1.165, 1.54) is 17.2 Å². The van der Waals surface area contributed by atoms with Crippen molar-refractivity contribution in [1.82, 2.24) is 0 Å². The number of aliphatic imine (C=N–C) groups is 1. The summed E-state index contributed by atoms with van der Waals surface area (Å²) in [5, 5.41) is 0. The lowest BCUT2D eigenvalue weighted by Crippen LogP contribution is -2.35. The molecule has 1 aliphatic rings. The fourth-order valence-electron chi connectivity index (χ4n) is 2.90. The number of benzene rings is 2. The van der Waals surface area contributed by atoms with Gasteiger partial charge in [0, 0.05) is 40.5 Å². The molecule has 27 heavy (non-hydrogen) atoms. The number of anilines is 1. The lowest BCUT2D eigenvalue weighted by molar-refractivity contribution is -0.137. The zero-order chi connectivity index (χ0) is 19.6. The summed E-state index contributed by atoms with van der Waals surface area (Å²) in [5.74, 6) is -0.111. The number of nitrogens with zero attached hydrogens (tertiary/aromatic N) is 2. The Labute approximate surface area is 157 Å². The summed E-state index contributed by atoms with van der Waals surface area (Å²) in [6.07, 6.45) is -3.00. The van der Waals surface area contributed by atoms with Crippen LogP contribution < -0.4 is 4.90 Å². The third-order valence-corrected chi connectivity index (χ3v) is 4.95. The molecule has 0 aromatic heterocycles. The number of alkyl halides is 3. The highest BCUT2D eigenvalue weighted by molar-refractivity contribution is 7.84. The first-order valence-corrected chi connectivity index (χ1v) is 9.92. The van der Waals surface area contributed by atoms with E-state index >= 15 is 0 Å². The van der Waals surface area contributed by atoms with Crippen molar-refractivity contribution in [3.63, 3.8) is 0 Å². The van der Waals surface area contributed by atoms with Gasteiger partial charge in [0.15, 0.2) is 0 Å². The zero-order valence-electron chi connectivity index (χ0n) is 14.5. The van der Waals surface area contributed by atoms with Crippen LogP contribution in [-0.4, -0.2) is 40.9 Å². The van der Waals surface area contributed by atoms with E-state index in [2.05, 4.69) is 4.99 Å². The highest BCUT2D eigenvalue weighted by Crippen LogP contribution is 2.35. The third-order valence-electron chi connectivity index (χ3n) is 4.19. The van der Waals surface area contributed by atoms with E-state index in [4.69, 9.17) is 0 Å². The van der Waals surface area contributed by atoms with Crippen molar-refractivity contribution in [2.75, 3.05) is 30.0 Å². The Kier molecular flexibility index (Phi) is 5.46. The van der Waals surface area contributed by atoms with Crippen LogP contribution in [0.25, 0.3) is 0 Å². The van der Waals surface area contributed by atoms with Gasteiger partial charge in [-0.1, -0.05) is 30.3 Å². The molecule has 0 fully saturated rings. The van der Waals surface area contributed by atoms with Gasteiger partial charge < -0.3 is 4.90 Å². The first-order valence-electron chi connectivity index (χ1n) is 8.19. The molecule has 0 radical (unpaired) electrons. The van der Waals surface area contributed by atoms with Crippen LogP contribution in [0.4, 0.5) is 18.9 Å². The van der Waals surface area contributed by atoms with Crippen molar-refractivity contribution < 1.29 is 22.2 Å². The maximum atomic E-state index is 13.3. The maximum Gasteiger partial charge on any atom is 0.416 e. The van der Waals surface area contributed by atoms with E-state index in [-0.39, 0.29) is 30.3 Å². The summed E-state index contributed by atoms with van der Waals surface area (Å²) >= 11 is 0. The minimum atomic E-state index is -4.51. The van der Waals surface area contributed by atoms with Crippen LogP contribution in [0.2, 0.25) is 0 Å². The monoisotopic (exact) mass is 394 g/mol. The van der Waals surface area contributed by atoms with Gasteiger partial charge >= 0.3 is 6.18 Å². The molecule has 2 aromatic rings. The van der Waals surface area contributed by atoms with Crippen molar-refractivity contribution in [3.8, 4) is 0 Å². The lowest BCUT2D eigenvalue weighted by Gasteiger charge is -2.23. The number of amides is 1. The molecule has 0 N–H and O–H groups in total. The molecule has 1 heterocycles. The minimum absolute atomic E-state index is 0.151. The number of hydrogen-bond donors (Lipinski definition) is 0.